The van der Waals surface area contributed by atoms with E-state index < -0.39 is 10.0 Å². The van der Waals surface area contributed by atoms with Gasteiger partial charge in [0.2, 0.25) is 10.0 Å². The highest BCUT2D eigenvalue weighted by molar-refractivity contribution is 7.89. The lowest BCUT2D eigenvalue weighted by Crippen LogP contribution is -2.30. The minimum absolute atomic E-state index is 0.176. The van der Waals surface area contributed by atoms with E-state index in [1.807, 2.05) is 0 Å². The smallest absolute Gasteiger partial charge is 0.242 e. The molecule has 21 heavy (non-hydrogen) atoms. The maximum atomic E-state index is 12.1. The second-order valence-electron chi connectivity index (χ2n) is 5.49. The van der Waals surface area contributed by atoms with Crippen molar-refractivity contribution in [2.24, 2.45) is 0 Å². The van der Waals surface area contributed by atoms with Crippen LogP contribution in [-0.4, -0.2) is 46.1 Å². The third kappa shape index (κ3) is 3.30. The van der Waals surface area contributed by atoms with Gasteiger partial charge < -0.3 is 15.8 Å². The summed E-state index contributed by atoms with van der Waals surface area (Å²) >= 11 is 0. The molecule has 2 rings (SSSR count). The molecule has 1 aliphatic carbocycles. The lowest BCUT2D eigenvalue weighted by Gasteiger charge is -2.22. The van der Waals surface area contributed by atoms with Crippen molar-refractivity contribution in [2.45, 2.75) is 36.3 Å². The van der Waals surface area contributed by atoms with Gasteiger partial charge in [0.15, 0.2) is 0 Å². The van der Waals surface area contributed by atoms with Crippen LogP contribution in [0.15, 0.2) is 23.1 Å². The van der Waals surface area contributed by atoms with Gasteiger partial charge in [-0.25, -0.2) is 12.7 Å². The summed E-state index contributed by atoms with van der Waals surface area (Å²) < 4.78 is 30.7. The number of methoxy groups -OCH3 is 1. The van der Waals surface area contributed by atoms with E-state index in [1.54, 1.807) is 19.2 Å². The van der Waals surface area contributed by atoms with Gasteiger partial charge >= 0.3 is 0 Å². The number of nitrogen functional groups attached to an aromatic ring is 1. The van der Waals surface area contributed by atoms with Gasteiger partial charge in [-0.3, -0.25) is 0 Å². The number of anilines is 2. The van der Waals surface area contributed by atoms with E-state index in [2.05, 4.69) is 5.32 Å². The molecule has 0 radical (unpaired) electrons. The summed E-state index contributed by atoms with van der Waals surface area (Å²) in [6.45, 7) is 0. The first-order valence-corrected chi connectivity index (χ1v) is 8.41. The predicted octanol–water partition coefficient (Wildman–Crippen LogP) is 1.50. The molecule has 0 amide bonds. The fraction of sp³-hybridized carbons (Fsp3) is 0.571. The summed E-state index contributed by atoms with van der Waals surface area (Å²) in [5.41, 5.74) is 7.18. The summed E-state index contributed by atoms with van der Waals surface area (Å²) in [6, 6.07) is 5.00. The number of hydrogen-bond acceptors (Lipinski definition) is 5. The second kappa shape index (κ2) is 6.21. The second-order valence-corrected chi connectivity index (χ2v) is 7.64. The number of ether oxygens (including phenoxy) is 1. The van der Waals surface area contributed by atoms with Crippen LogP contribution in [0, 0.1) is 0 Å². The molecule has 0 spiro atoms. The molecule has 0 heterocycles. The molecule has 6 nitrogen and oxygen atoms in total. The molecule has 2 atom stereocenters. The number of hydrogen-bond donors (Lipinski definition) is 2. The van der Waals surface area contributed by atoms with Gasteiger partial charge in [0.25, 0.3) is 0 Å². The summed E-state index contributed by atoms with van der Waals surface area (Å²) in [7, 11) is 1.25. The van der Waals surface area contributed by atoms with Crippen LogP contribution in [-0.2, 0) is 14.8 Å². The first kappa shape index (κ1) is 16.1. The normalized spacial score (nSPS) is 22.7. The molecule has 0 saturated heterocycles. The molecular weight excluding hydrogens is 290 g/mol. The average molecular weight is 313 g/mol. The molecule has 1 aromatic carbocycles. The lowest BCUT2D eigenvalue weighted by atomic mass is 10.2. The Morgan fingerprint density at radius 3 is 2.62 bits per heavy atom. The van der Waals surface area contributed by atoms with E-state index in [4.69, 9.17) is 10.5 Å². The Bertz CT molecular complexity index is 601. The van der Waals surface area contributed by atoms with E-state index >= 15 is 0 Å². The highest BCUT2D eigenvalue weighted by Gasteiger charge is 2.27. The molecule has 1 aromatic rings. The fourth-order valence-corrected chi connectivity index (χ4v) is 3.55. The largest absolute Gasteiger partial charge is 0.397 e. The number of sulfonamides is 1. The third-order valence-corrected chi connectivity index (χ3v) is 5.71. The zero-order valence-electron chi connectivity index (χ0n) is 12.7. The summed E-state index contributed by atoms with van der Waals surface area (Å²) in [4.78, 5) is 0.199. The number of nitrogens with one attached hydrogen (secondary N) is 1. The molecule has 1 fully saturated rings. The van der Waals surface area contributed by atoms with Crippen molar-refractivity contribution in [2.75, 3.05) is 32.3 Å². The van der Waals surface area contributed by atoms with Crippen molar-refractivity contribution in [3.8, 4) is 0 Å². The average Bonchev–Trinajstić information content (AvgIpc) is 2.88. The lowest BCUT2D eigenvalue weighted by molar-refractivity contribution is 0.101. The van der Waals surface area contributed by atoms with Gasteiger partial charge in [-0.2, -0.15) is 0 Å². The molecule has 3 N–H and O–H groups in total. The fourth-order valence-electron chi connectivity index (χ4n) is 2.62. The van der Waals surface area contributed by atoms with E-state index in [0.717, 1.165) is 24.9 Å². The van der Waals surface area contributed by atoms with Crippen molar-refractivity contribution in [3.05, 3.63) is 18.2 Å². The van der Waals surface area contributed by atoms with Crippen LogP contribution >= 0.6 is 0 Å². The van der Waals surface area contributed by atoms with Crippen molar-refractivity contribution in [1.82, 2.24) is 4.31 Å². The highest BCUT2D eigenvalue weighted by atomic mass is 32.2. The molecule has 0 bridgehead atoms. The molecular formula is C14H23N3O3S. The molecule has 0 aromatic heterocycles. The van der Waals surface area contributed by atoms with Crippen molar-refractivity contribution in [1.29, 1.82) is 0 Å². The minimum Gasteiger partial charge on any atom is -0.397 e. The van der Waals surface area contributed by atoms with Crippen LogP contribution in [0.5, 0.6) is 0 Å². The summed E-state index contributed by atoms with van der Waals surface area (Å²) in [6.07, 6.45) is 3.34. The Hall–Kier alpha value is -1.31. The topological polar surface area (TPSA) is 84.7 Å². The van der Waals surface area contributed by atoms with Crippen LogP contribution in [0.25, 0.3) is 0 Å². The predicted molar refractivity (Wildman–Crippen MR) is 83.8 cm³/mol. The third-order valence-electron chi connectivity index (χ3n) is 3.90. The van der Waals surface area contributed by atoms with Gasteiger partial charge in [0.05, 0.1) is 28.4 Å². The zero-order valence-corrected chi connectivity index (χ0v) is 13.5. The minimum atomic E-state index is -3.46. The highest BCUT2D eigenvalue weighted by Crippen LogP contribution is 2.29. The van der Waals surface area contributed by atoms with Gasteiger partial charge in [0, 0.05) is 21.2 Å². The van der Waals surface area contributed by atoms with Crippen LogP contribution < -0.4 is 11.1 Å². The molecule has 7 heteroatoms. The van der Waals surface area contributed by atoms with Gasteiger partial charge in [-0.15, -0.1) is 0 Å². The summed E-state index contributed by atoms with van der Waals surface area (Å²) in [5.74, 6) is 0. The standard InChI is InChI=1S/C14H23N3O3S/c1-17(2)21(18,19)10-7-8-12(11(15)9-10)16-13-5-4-6-14(13)20-3/h7-9,13-14,16H,4-6,15H2,1-3H3. The van der Waals surface area contributed by atoms with Gasteiger partial charge in [0.1, 0.15) is 0 Å². The van der Waals surface area contributed by atoms with Gasteiger partial charge in [-0.05, 0) is 37.5 Å². The number of rotatable bonds is 5. The Morgan fingerprint density at radius 2 is 2.05 bits per heavy atom. The Morgan fingerprint density at radius 1 is 1.33 bits per heavy atom. The number of benzene rings is 1. The van der Waals surface area contributed by atoms with Gasteiger partial charge in [-0.1, -0.05) is 0 Å². The maximum Gasteiger partial charge on any atom is 0.242 e. The van der Waals surface area contributed by atoms with Crippen molar-refractivity contribution < 1.29 is 13.2 Å². The monoisotopic (exact) mass is 313 g/mol. The molecule has 1 aliphatic rings. The Balaban J connectivity index is 2.20. The molecule has 2 unspecified atom stereocenters. The van der Waals surface area contributed by atoms with Crippen LogP contribution in [0.3, 0.4) is 0 Å². The van der Waals surface area contributed by atoms with Crippen molar-refractivity contribution >= 4 is 21.4 Å². The Labute approximate surface area is 126 Å². The quantitative estimate of drug-likeness (QED) is 0.805. The van der Waals surface area contributed by atoms with Crippen LogP contribution in [0.4, 0.5) is 11.4 Å². The first-order chi connectivity index (χ1) is 9.86. The first-order valence-electron chi connectivity index (χ1n) is 6.97. The van der Waals surface area contributed by atoms with Crippen molar-refractivity contribution in [3.63, 3.8) is 0 Å². The molecule has 1 saturated carbocycles. The van der Waals surface area contributed by atoms with E-state index in [-0.39, 0.29) is 17.0 Å². The summed E-state index contributed by atoms with van der Waals surface area (Å²) in [5, 5.41) is 3.36. The Kier molecular flexibility index (Phi) is 4.75. The zero-order chi connectivity index (χ0) is 15.6. The number of nitrogens with zero attached hydrogens (tertiary/aromatic N) is 1. The molecule has 118 valence electrons. The van der Waals surface area contributed by atoms with E-state index in [9.17, 15) is 8.42 Å². The van der Waals surface area contributed by atoms with E-state index in [0.29, 0.717) is 5.69 Å². The van der Waals surface area contributed by atoms with E-state index in [1.165, 1.54) is 24.5 Å². The number of nitrogens with two attached hydrogens (primary N) is 1. The van der Waals surface area contributed by atoms with Crippen LogP contribution in [0.2, 0.25) is 0 Å². The van der Waals surface area contributed by atoms with Crippen LogP contribution in [0.1, 0.15) is 19.3 Å². The maximum absolute atomic E-state index is 12.1. The SMILES string of the molecule is COC1CCCC1Nc1ccc(S(=O)(=O)N(C)C)cc1N. The molecule has 0 aliphatic heterocycles.